The molecular weight excluding hydrogens is 414 g/mol. The third-order valence-corrected chi connectivity index (χ3v) is 5.11. The Balaban J connectivity index is 1.55. The molecule has 32 heavy (non-hydrogen) atoms. The van der Waals surface area contributed by atoms with Crippen LogP contribution in [0.25, 0.3) is 11.0 Å². The normalized spacial score (nSPS) is 18.2. The number of furan rings is 1. The van der Waals surface area contributed by atoms with E-state index in [0.29, 0.717) is 13.0 Å². The number of aliphatic hydroxyl groups excluding tert-OH is 1. The molecule has 2 heterocycles. The number of anilines is 1. The highest BCUT2D eigenvalue weighted by molar-refractivity contribution is 6.03. The zero-order valence-corrected chi connectivity index (χ0v) is 17.4. The molecule has 8 nitrogen and oxygen atoms in total. The van der Waals surface area contributed by atoms with Crippen molar-refractivity contribution >= 4 is 22.6 Å². The van der Waals surface area contributed by atoms with Gasteiger partial charge in [-0.25, -0.2) is 0 Å². The molecule has 0 saturated heterocycles. The van der Waals surface area contributed by atoms with Gasteiger partial charge in [-0.1, -0.05) is 30.3 Å². The van der Waals surface area contributed by atoms with Crippen LogP contribution in [-0.2, 0) is 19.0 Å². The van der Waals surface area contributed by atoms with Crippen molar-refractivity contribution in [2.24, 2.45) is 0 Å². The monoisotopic (exact) mass is 439 g/mol. The maximum absolute atomic E-state index is 12.9. The predicted molar refractivity (Wildman–Crippen MR) is 117 cm³/mol. The van der Waals surface area contributed by atoms with E-state index in [-0.39, 0.29) is 42.9 Å². The van der Waals surface area contributed by atoms with Gasteiger partial charge in [0.25, 0.3) is 5.91 Å². The van der Waals surface area contributed by atoms with E-state index in [1.807, 2.05) is 24.3 Å². The zero-order valence-electron chi connectivity index (χ0n) is 17.4. The largest absolute Gasteiger partial charge is 0.506 e. The number of para-hydroxylation sites is 3. The van der Waals surface area contributed by atoms with Crippen molar-refractivity contribution in [2.75, 3.05) is 31.7 Å². The molecule has 1 amide bonds. The molecule has 2 aromatic carbocycles. The average Bonchev–Trinajstić information content (AvgIpc) is 3.24. The van der Waals surface area contributed by atoms with Gasteiger partial charge >= 0.3 is 0 Å². The molecule has 1 aromatic heterocycles. The summed E-state index contributed by atoms with van der Waals surface area (Å²) in [4.78, 5) is 12.9. The van der Waals surface area contributed by atoms with Gasteiger partial charge in [0.15, 0.2) is 5.76 Å². The summed E-state index contributed by atoms with van der Waals surface area (Å²) in [7, 11) is 0. The fraction of sp³-hybridized carbons (Fsp3) is 0.292. The summed E-state index contributed by atoms with van der Waals surface area (Å²) < 4.78 is 22.5. The Morgan fingerprint density at radius 2 is 1.91 bits per heavy atom. The van der Waals surface area contributed by atoms with Crippen LogP contribution in [-0.4, -0.2) is 48.8 Å². The Morgan fingerprint density at radius 3 is 2.75 bits per heavy atom. The maximum atomic E-state index is 12.9. The van der Waals surface area contributed by atoms with E-state index >= 15 is 0 Å². The first-order valence-corrected chi connectivity index (χ1v) is 10.4. The van der Waals surface area contributed by atoms with E-state index in [1.54, 1.807) is 30.5 Å². The Labute approximate surface area is 185 Å². The van der Waals surface area contributed by atoms with Crippen LogP contribution < -0.4 is 5.32 Å². The van der Waals surface area contributed by atoms with Crippen molar-refractivity contribution in [3.8, 4) is 5.75 Å². The number of nitrogens with one attached hydrogen (secondary N) is 1. The molecule has 1 aliphatic heterocycles. The fourth-order valence-corrected chi connectivity index (χ4v) is 3.59. The van der Waals surface area contributed by atoms with Crippen molar-refractivity contribution in [1.29, 1.82) is 0 Å². The molecule has 2 atom stereocenters. The molecule has 0 radical (unpaired) electrons. The molecule has 3 N–H and O–H groups in total. The second-order valence-corrected chi connectivity index (χ2v) is 7.29. The van der Waals surface area contributed by atoms with Gasteiger partial charge in [-0.15, -0.1) is 0 Å². The predicted octanol–water partition coefficient (Wildman–Crippen LogP) is 3.52. The van der Waals surface area contributed by atoms with Crippen molar-refractivity contribution in [3.05, 3.63) is 72.2 Å². The maximum Gasteiger partial charge on any atom is 0.290 e. The molecule has 0 bridgehead atoms. The quantitative estimate of drug-likeness (QED) is 0.346. The highest BCUT2D eigenvalue weighted by Gasteiger charge is 2.30. The first kappa shape index (κ1) is 21.9. The second-order valence-electron chi connectivity index (χ2n) is 7.29. The molecule has 0 aliphatic carbocycles. The lowest BCUT2D eigenvalue weighted by Gasteiger charge is -2.29. The number of benzene rings is 2. The van der Waals surface area contributed by atoms with Gasteiger partial charge in [-0.3, -0.25) is 4.79 Å². The van der Waals surface area contributed by atoms with Crippen molar-refractivity contribution in [2.45, 2.75) is 18.6 Å². The smallest absolute Gasteiger partial charge is 0.290 e. The standard InChI is InChI=1S/C24H25NO7/c26-9-10-29-11-12-30-23-14-16(18-15-31-21-8-4-1-5-17(18)21)13-22(32-23)24(28)25-19-6-2-3-7-20(19)27/h1-8,13,15-16,23,26-27H,9-12,14H2,(H,25,28)/t16-,23+/m1/s1. The third kappa shape index (κ3) is 5.11. The third-order valence-electron chi connectivity index (χ3n) is 5.11. The summed E-state index contributed by atoms with van der Waals surface area (Å²) in [5.41, 5.74) is 1.98. The number of hydrogen-bond donors (Lipinski definition) is 3. The number of ether oxygens (including phenoxy) is 3. The first-order valence-electron chi connectivity index (χ1n) is 10.4. The Kier molecular flexibility index (Phi) is 7.06. The van der Waals surface area contributed by atoms with Gasteiger partial charge in [0.05, 0.1) is 38.4 Å². The summed E-state index contributed by atoms with van der Waals surface area (Å²) >= 11 is 0. The Morgan fingerprint density at radius 1 is 1.09 bits per heavy atom. The van der Waals surface area contributed by atoms with E-state index < -0.39 is 12.2 Å². The molecule has 0 saturated carbocycles. The van der Waals surface area contributed by atoms with Crippen molar-refractivity contribution in [3.63, 3.8) is 0 Å². The average molecular weight is 439 g/mol. The Hall–Kier alpha value is -3.33. The number of fused-ring (bicyclic) bond motifs is 1. The van der Waals surface area contributed by atoms with Crippen LogP contribution in [0, 0.1) is 0 Å². The van der Waals surface area contributed by atoms with Gasteiger partial charge in [-0.05, 0) is 24.3 Å². The minimum atomic E-state index is -0.679. The summed E-state index contributed by atoms with van der Waals surface area (Å²) in [6.45, 7) is 0.711. The van der Waals surface area contributed by atoms with Gasteiger partial charge in [0.1, 0.15) is 11.3 Å². The minimum absolute atomic E-state index is 0.0385. The zero-order chi connectivity index (χ0) is 22.3. The topological polar surface area (TPSA) is 110 Å². The van der Waals surface area contributed by atoms with Crippen LogP contribution in [0.2, 0.25) is 0 Å². The number of phenolic OH excluding ortho intramolecular Hbond substituents is 1. The number of hydrogen-bond acceptors (Lipinski definition) is 7. The molecule has 0 unspecified atom stereocenters. The van der Waals surface area contributed by atoms with Crippen LogP contribution in [0.4, 0.5) is 5.69 Å². The number of allylic oxidation sites excluding steroid dienone is 1. The number of aromatic hydroxyl groups is 1. The molecule has 8 heteroatoms. The summed E-state index contributed by atoms with van der Waals surface area (Å²) in [6, 6.07) is 14.2. The van der Waals surface area contributed by atoms with E-state index in [9.17, 15) is 9.90 Å². The van der Waals surface area contributed by atoms with Crippen LogP contribution in [0.5, 0.6) is 5.75 Å². The van der Waals surface area contributed by atoms with Gasteiger partial charge in [0, 0.05) is 23.3 Å². The number of aliphatic hydroxyl groups is 1. The Bertz CT molecular complexity index is 1090. The molecule has 3 aromatic rings. The number of amides is 1. The SMILES string of the molecule is O=C(Nc1ccccc1O)C1=C[C@@H](c2coc3ccccc23)C[C@@H](OCCOCCO)O1. The van der Waals surface area contributed by atoms with Crippen LogP contribution in [0.1, 0.15) is 17.9 Å². The molecule has 168 valence electrons. The van der Waals surface area contributed by atoms with E-state index in [0.717, 1.165) is 16.5 Å². The van der Waals surface area contributed by atoms with Gasteiger partial charge < -0.3 is 34.2 Å². The first-order chi connectivity index (χ1) is 15.7. The van der Waals surface area contributed by atoms with Crippen molar-refractivity contribution < 1.29 is 33.6 Å². The minimum Gasteiger partial charge on any atom is -0.506 e. The summed E-state index contributed by atoms with van der Waals surface area (Å²) in [5.74, 6) is -0.616. The lowest BCUT2D eigenvalue weighted by molar-refractivity contribution is -0.148. The summed E-state index contributed by atoms with van der Waals surface area (Å²) in [6.07, 6.45) is 3.24. The highest BCUT2D eigenvalue weighted by atomic mass is 16.7. The van der Waals surface area contributed by atoms with Gasteiger partial charge in [0.2, 0.25) is 6.29 Å². The molecule has 0 spiro atoms. The highest BCUT2D eigenvalue weighted by Crippen LogP contribution is 2.36. The number of rotatable bonds is 9. The fourth-order valence-electron chi connectivity index (χ4n) is 3.59. The van der Waals surface area contributed by atoms with Crippen LogP contribution >= 0.6 is 0 Å². The number of carbonyl (C=O) groups excluding carboxylic acids is 1. The number of phenols is 1. The molecule has 1 aliphatic rings. The summed E-state index contributed by atoms with van der Waals surface area (Å²) in [5, 5.41) is 22.4. The number of carbonyl (C=O) groups is 1. The van der Waals surface area contributed by atoms with E-state index in [2.05, 4.69) is 5.32 Å². The lowest BCUT2D eigenvalue weighted by Crippen LogP contribution is -2.30. The molecule has 0 fully saturated rings. The molecular formula is C24H25NO7. The lowest BCUT2D eigenvalue weighted by atomic mass is 9.92. The van der Waals surface area contributed by atoms with E-state index in [1.165, 1.54) is 6.07 Å². The van der Waals surface area contributed by atoms with Crippen LogP contribution in [0.15, 0.2) is 71.0 Å². The van der Waals surface area contributed by atoms with E-state index in [4.69, 9.17) is 23.7 Å². The molecule has 4 rings (SSSR count). The second kappa shape index (κ2) is 10.3. The van der Waals surface area contributed by atoms with Crippen molar-refractivity contribution in [1.82, 2.24) is 0 Å². The van der Waals surface area contributed by atoms with Gasteiger partial charge in [-0.2, -0.15) is 0 Å². The van der Waals surface area contributed by atoms with Crippen LogP contribution in [0.3, 0.4) is 0 Å².